The Hall–Kier alpha value is -0.510. The average molecular weight is 177 g/mol. The molecular weight excluding hydrogens is 164 g/mol. The van der Waals surface area contributed by atoms with Gasteiger partial charge < -0.3 is 0 Å². The normalized spacial score (nSPS) is 21.4. The van der Waals surface area contributed by atoms with Crippen LogP contribution in [0.2, 0.25) is 0 Å². The molecule has 1 aliphatic heterocycles. The first-order valence-corrected chi connectivity index (χ1v) is 4.09. The maximum Gasteiger partial charge on any atom is 0.257 e. The molecule has 0 unspecified atom stereocenters. The highest BCUT2D eigenvalue weighted by molar-refractivity contribution is 5.79. The summed E-state index contributed by atoms with van der Waals surface area (Å²) in [7, 11) is 0. The Balaban J connectivity index is 2.31. The largest absolute Gasteiger partial charge is 0.300 e. The second-order valence-corrected chi connectivity index (χ2v) is 3.39. The number of carbonyl (C=O) groups is 1. The smallest absolute Gasteiger partial charge is 0.257 e. The summed E-state index contributed by atoms with van der Waals surface area (Å²) in [6, 6.07) is 0. The Bertz CT molecular complexity index is 166. The minimum atomic E-state index is -2.64. The lowest BCUT2D eigenvalue weighted by Gasteiger charge is -2.27. The number of Topliss-reactive ketones (excluding diaryl/α,β-unsaturated/α-hetero) is 1. The molecule has 1 saturated heterocycles. The number of nitrogens with zero attached hydrogens (tertiary/aromatic N) is 1. The molecule has 2 nitrogen and oxygen atoms in total. The van der Waals surface area contributed by atoms with Gasteiger partial charge in [-0.05, 0) is 0 Å². The number of ketones is 1. The lowest BCUT2D eigenvalue weighted by Crippen LogP contribution is -2.40. The molecule has 0 atom stereocenters. The van der Waals surface area contributed by atoms with Crippen molar-refractivity contribution in [2.75, 3.05) is 19.6 Å². The van der Waals surface area contributed by atoms with E-state index in [9.17, 15) is 13.6 Å². The molecular formula is C8H13F2NO. The quantitative estimate of drug-likeness (QED) is 0.633. The van der Waals surface area contributed by atoms with Crippen LogP contribution in [-0.4, -0.2) is 36.2 Å². The van der Waals surface area contributed by atoms with E-state index in [1.165, 1.54) is 0 Å². The van der Waals surface area contributed by atoms with Crippen molar-refractivity contribution in [2.24, 2.45) is 0 Å². The van der Waals surface area contributed by atoms with Crippen LogP contribution in [0.5, 0.6) is 0 Å². The monoisotopic (exact) mass is 177 g/mol. The number of piperidine rings is 1. The lowest BCUT2D eigenvalue weighted by atomic mass is 10.1. The van der Waals surface area contributed by atoms with Gasteiger partial charge in [0, 0.05) is 32.9 Å². The zero-order valence-corrected chi connectivity index (χ0v) is 7.15. The summed E-state index contributed by atoms with van der Waals surface area (Å²) < 4.78 is 25.0. The van der Waals surface area contributed by atoms with E-state index < -0.39 is 5.92 Å². The van der Waals surface area contributed by atoms with Gasteiger partial charge in [-0.3, -0.25) is 9.69 Å². The average Bonchev–Trinajstić information content (AvgIpc) is 1.91. The molecule has 0 aliphatic carbocycles. The fourth-order valence-corrected chi connectivity index (χ4v) is 1.35. The molecule has 0 aromatic rings. The van der Waals surface area contributed by atoms with Gasteiger partial charge in [-0.15, -0.1) is 0 Å². The van der Waals surface area contributed by atoms with Crippen molar-refractivity contribution >= 4 is 5.78 Å². The van der Waals surface area contributed by atoms with Crippen LogP contribution in [0, 0.1) is 0 Å². The van der Waals surface area contributed by atoms with Crippen molar-refractivity contribution < 1.29 is 13.6 Å². The second kappa shape index (κ2) is 3.47. The topological polar surface area (TPSA) is 20.3 Å². The first-order chi connectivity index (χ1) is 5.47. The second-order valence-electron chi connectivity index (χ2n) is 3.39. The Morgan fingerprint density at radius 1 is 1.42 bits per heavy atom. The summed E-state index contributed by atoms with van der Waals surface area (Å²) in [6.07, 6.45) is 0.853. The summed E-state index contributed by atoms with van der Waals surface area (Å²) in [4.78, 5) is 12.4. The number of hydrogen-bond donors (Lipinski definition) is 0. The number of carbonyl (C=O) groups excluding carboxylic acids is 1. The van der Waals surface area contributed by atoms with Crippen LogP contribution in [0.3, 0.4) is 0 Å². The highest BCUT2D eigenvalue weighted by Crippen LogP contribution is 2.16. The summed E-state index contributed by atoms with van der Waals surface area (Å²) in [5.74, 6) is -2.45. The van der Waals surface area contributed by atoms with Gasteiger partial charge in [0.2, 0.25) is 0 Å². The Labute approximate surface area is 70.5 Å². The van der Waals surface area contributed by atoms with E-state index in [2.05, 4.69) is 0 Å². The third kappa shape index (κ3) is 3.26. The first kappa shape index (κ1) is 9.58. The molecule has 1 aliphatic rings. The Kier molecular flexibility index (Phi) is 2.77. The van der Waals surface area contributed by atoms with Crippen molar-refractivity contribution in [2.45, 2.75) is 25.7 Å². The number of likely N-dealkylation sites (tertiary alicyclic amines) is 1. The highest BCUT2D eigenvalue weighted by Gasteiger charge is 2.27. The molecule has 0 radical (unpaired) electrons. The SMILES string of the molecule is CC(F)(F)CN1CCC(=O)CC1. The van der Waals surface area contributed by atoms with Gasteiger partial charge in [-0.25, -0.2) is 8.78 Å². The van der Waals surface area contributed by atoms with E-state index in [4.69, 9.17) is 0 Å². The predicted octanol–water partition coefficient (Wildman–Crippen LogP) is 1.31. The summed E-state index contributed by atoms with van der Waals surface area (Å²) in [5.41, 5.74) is 0. The molecule has 0 aromatic heterocycles. The zero-order chi connectivity index (χ0) is 9.19. The van der Waals surface area contributed by atoms with E-state index in [0.717, 1.165) is 6.92 Å². The van der Waals surface area contributed by atoms with Crippen molar-refractivity contribution in [3.8, 4) is 0 Å². The predicted molar refractivity (Wildman–Crippen MR) is 41.3 cm³/mol. The van der Waals surface area contributed by atoms with Gasteiger partial charge >= 0.3 is 0 Å². The maximum absolute atomic E-state index is 12.5. The molecule has 12 heavy (non-hydrogen) atoms. The van der Waals surface area contributed by atoms with E-state index in [1.54, 1.807) is 4.90 Å². The third-order valence-electron chi connectivity index (χ3n) is 1.91. The maximum atomic E-state index is 12.5. The Morgan fingerprint density at radius 3 is 2.33 bits per heavy atom. The molecule has 1 fully saturated rings. The van der Waals surface area contributed by atoms with Gasteiger partial charge in [0.15, 0.2) is 0 Å². The number of rotatable bonds is 2. The number of hydrogen-bond acceptors (Lipinski definition) is 2. The Morgan fingerprint density at radius 2 is 1.92 bits per heavy atom. The third-order valence-corrected chi connectivity index (χ3v) is 1.91. The van der Waals surface area contributed by atoms with Crippen molar-refractivity contribution in [3.05, 3.63) is 0 Å². The highest BCUT2D eigenvalue weighted by atomic mass is 19.3. The molecule has 70 valence electrons. The molecule has 0 amide bonds. The van der Waals surface area contributed by atoms with Gasteiger partial charge in [0.25, 0.3) is 5.92 Å². The van der Waals surface area contributed by atoms with E-state index >= 15 is 0 Å². The van der Waals surface area contributed by atoms with Gasteiger partial charge in [0.05, 0.1) is 6.54 Å². The molecule has 0 N–H and O–H groups in total. The standard InChI is InChI=1S/C8H13F2NO/c1-8(9,10)6-11-4-2-7(12)3-5-11/h2-6H2,1H3. The van der Waals surface area contributed by atoms with E-state index in [0.29, 0.717) is 25.9 Å². The molecule has 0 bridgehead atoms. The lowest BCUT2D eigenvalue weighted by molar-refractivity contribution is -0.122. The minimum Gasteiger partial charge on any atom is -0.300 e. The number of alkyl halides is 2. The van der Waals surface area contributed by atoms with Crippen molar-refractivity contribution in [3.63, 3.8) is 0 Å². The van der Waals surface area contributed by atoms with Crippen LogP contribution in [-0.2, 0) is 4.79 Å². The summed E-state index contributed by atoms with van der Waals surface area (Å²) in [5, 5.41) is 0. The fraction of sp³-hybridized carbons (Fsp3) is 0.875. The van der Waals surface area contributed by atoms with Crippen LogP contribution < -0.4 is 0 Å². The van der Waals surface area contributed by atoms with Crippen LogP contribution in [0.4, 0.5) is 8.78 Å². The molecule has 0 spiro atoms. The van der Waals surface area contributed by atoms with Crippen LogP contribution in [0.15, 0.2) is 0 Å². The zero-order valence-electron chi connectivity index (χ0n) is 7.15. The van der Waals surface area contributed by atoms with Crippen molar-refractivity contribution in [1.29, 1.82) is 0 Å². The fourth-order valence-electron chi connectivity index (χ4n) is 1.35. The molecule has 1 heterocycles. The van der Waals surface area contributed by atoms with Crippen LogP contribution >= 0.6 is 0 Å². The number of halogens is 2. The van der Waals surface area contributed by atoms with E-state index in [1.807, 2.05) is 0 Å². The summed E-state index contributed by atoms with van der Waals surface area (Å²) in [6.45, 7) is 1.66. The van der Waals surface area contributed by atoms with Gasteiger partial charge in [0.1, 0.15) is 5.78 Å². The first-order valence-electron chi connectivity index (χ1n) is 4.09. The molecule has 0 aromatic carbocycles. The van der Waals surface area contributed by atoms with Gasteiger partial charge in [-0.2, -0.15) is 0 Å². The minimum absolute atomic E-state index is 0.186. The molecule has 4 heteroatoms. The van der Waals surface area contributed by atoms with Crippen LogP contribution in [0.25, 0.3) is 0 Å². The van der Waals surface area contributed by atoms with Crippen molar-refractivity contribution in [1.82, 2.24) is 4.90 Å². The van der Waals surface area contributed by atoms with E-state index in [-0.39, 0.29) is 12.3 Å². The van der Waals surface area contributed by atoms with Crippen LogP contribution in [0.1, 0.15) is 19.8 Å². The summed E-state index contributed by atoms with van der Waals surface area (Å²) >= 11 is 0. The van der Waals surface area contributed by atoms with Gasteiger partial charge in [-0.1, -0.05) is 0 Å². The molecule has 1 rings (SSSR count). The molecule has 0 saturated carbocycles.